The second-order valence-corrected chi connectivity index (χ2v) is 4.62. The predicted molar refractivity (Wildman–Crippen MR) is 80.9 cm³/mol. The fraction of sp³-hybridized carbons (Fsp3) is 0.235. The Morgan fingerprint density at radius 3 is 2.52 bits per heavy atom. The lowest BCUT2D eigenvalue weighted by atomic mass is 10.1. The van der Waals surface area contributed by atoms with Crippen molar-refractivity contribution in [3.8, 4) is 5.75 Å². The first-order valence-corrected chi connectivity index (χ1v) is 6.89. The Hall–Kier alpha value is -2.33. The van der Waals surface area contributed by atoms with Crippen molar-refractivity contribution in [3.63, 3.8) is 0 Å². The summed E-state index contributed by atoms with van der Waals surface area (Å²) >= 11 is 0. The molecule has 21 heavy (non-hydrogen) atoms. The minimum atomic E-state index is -0.386. The van der Waals surface area contributed by atoms with Gasteiger partial charge in [-0.3, -0.25) is 0 Å². The zero-order chi connectivity index (χ0) is 14.9. The van der Waals surface area contributed by atoms with Crippen LogP contribution >= 0.6 is 0 Å². The summed E-state index contributed by atoms with van der Waals surface area (Å²) in [5.74, 6) is 0.265. The van der Waals surface area contributed by atoms with Gasteiger partial charge in [0.2, 0.25) is 0 Å². The minimum absolute atomic E-state index is 0.0983. The lowest BCUT2D eigenvalue weighted by molar-refractivity contribution is -0.147. The van der Waals surface area contributed by atoms with Crippen LogP contribution in [0.5, 0.6) is 5.75 Å². The Labute approximate surface area is 124 Å². The zero-order valence-corrected chi connectivity index (χ0v) is 11.8. The van der Waals surface area contributed by atoms with Gasteiger partial charge in [0.25, 0.3) is 0 Å². The smallest absolute Gasteiger partial charge is 0.344 e. The second kappa shape index (κ2) is 8.07. The third kappa shape index (κ3) is 5.28. The summed E-state index contributed by atoms with van der Waals surface area (Å²) in [7, 11) is 0. The number of rotatable bonds is 7. The predicted octanol–water partition coefficient (Wildman–Crippen LogP) is 2.31. The topological polar surface area (TPSA) is 61.5 Å². The van der Waals surface area contributed by atoms with Crippen LogP contribution < -0.4 is 10.5 Å². The molecule has 0 aromatic heterocycles. The summed E-state index contributed by atoms with van der Waals surface area (Å²) in [6.45, 7) is 0.748. The van der Waals surface area contributed by atoms with Crippen molar-refractivity contribution in [1.29, 1.82) is 0 Å². The molecule has 4 heteroatoms. The van der Waals surface area contributed by atoms with Gasteiger partial charge in [0, 0.05) is 0 Å². The van der Waals surface area contributed by atoms with Crippen molar-refractivity contribution in [2.24, 2.45) is 5.73 Å². The molecule has 2 N–H and O–H groups in total. The van der Waals surface area contributed by atoms with E-state index in [1.807, 2.05) is 54.6 Å². The van der Waals surface area contributed by atoms with Crippen LogP contribution in [0.15, 0.2) is 54.6 Å². The molecule has 0 aliphatic rings. The highest BCUT2D eigenvalue weighted by Gasteiger charge is 2.05. The van der Waals surface area contributed by atoms with Gasteiger partial charge in [0.15, 0.2) is 6.61 Å². The molecule has 0 spiro atoms. The molecule has 0 aliphatic carbocycles. The first-order valence-electron chi connectivity index (χ1n) is 6.89. The molecule has 0 unspecified atom stereocenters. The molecule has 0 aliphatic heterocycles. The summed E-state index contributed by atoms with van der Waals surface area (Å²) < 4.78 is 10.6. The van der Waals surface area contributed by atoms with Crippen molar-refractivity contribution in [3.05, 3.63) is 65.7 Å². The standard InChI is InChI=1S/C17H19NO3/c18-10-9-14-7-4-8-16(11-14)20-13-17(19)21-12-15-5-2-1-3-6-15/h1-8,11H,9-10,12-13,18H2. The van der Waals surface area contributed by atoms with Gasteiger partial charge in [-0.2, -0.15) is 0 Å². The first kappa shape index (κ1) is 15.1. The summed E-state index contributed by atoms with van der Waals surface area (Å²) in [6, 6.07) is 17.1. The molecule has 0 bridgehead atoms. The molecule has 0 heterocycles. The van der Waals surface area contributed by atoms with Crippen LogP contribution in [-0.2, 0) is 22.6 Å². The number of carbonyl (C=O) groups is 1. The molecule has 4 nitrogen and oxygen atoms in total. The number of esters is 1. The maximum atomic E-state index is 11.6. The number of ether oxygens (including phenoxy) is 2. The summed E-state index contributed by atoms with van der Waals surface area (Å²) in [5, 5.41) is 0. The fourth-order valence-electron chi connectivity index (χ4n) is 1.88. The quantitative estimate of drug-likeness (QED) is 0.793. The van der Waals surface area contributed by atoms with Gasteiger partial charge < -0.3 is 15.2 Å². The van der Waals surface area contributed by atoms with E-state index in [2.05, 4.69) is 0 Å². The maximum absolute atomic E-state index is 11.6. The Kier molecular flexibility index (Phi) is 5.79. The van der Waals surface area contributed by atoms with Gasteiger partial charge in [-0.05, 0) is 36.2 Å². The lowest BCUT2D eigenvalue weighted by Gasteiger charge is -2.08. The van der Waals surface area contributed by atoms with E-state index in [1.165, 1.54) is 0 Å². The van der Waals surface area contributed by atoms with E-state index >= 15 is 0 Å². The highest BCUT2D eigenvalue weighted by molar-refractivity contribution is 5.71. The van der Waals surface area contributed by atoms with Gasteiger partial charge >= 0.3 is 5.97 Å². The molecule has 2 aromatic carbocycles. The van der Waals surface area contributed by atoms with E-state index in [0.29, 0.717) is 12.3 Å². The summed E-state index contributed by atoms with van der Waals surface area (Å²) in [4.78, 5) is 11.6. The third-order valence-electron chi connectivity index (χ3n) is 2.93. The molecule has 0 amide bonds. The zero-order valence-electron chi connectivity index (χ0n) is 11.8. The van der Waals surface area contributed by atoms with Gasteiger partial charge in [-0.25, -0.2) is 4.79 Å². The van der Waals surface area contributed by atoms with Crippen LogP contribution in [0.4, 0.5) is 0 Å². The van der Waals surface area contributed by atoms with Gasteiger partial charge in [-0.15, -0.1) is 0 Å². The SMILES string of the molecule is NCCc1cccc(OCC(=O)OCc2ccccc2)c1. The van der Waals surface area contributed by atoms with Crippen LogP contribution in [0.2, 0.25) is 0 Å². The summed E-state index contributed by atoms with van der Waals surface area (Å²) in [5.41, 5.74) is 7.56. The largest absolute Gasteiger partial charge is 0.482 e. The van der Waals surface area contributed by atoms with E-state index < -0.39 is 0 Å². The van der Waals surface area contributed by atoms with E-state index in [9.17, 15) is 4.79 Å². The molecule has 2 rings (SSSR count). The Balaban J connectivity index is 1.77. The Morgan fingerprint density at radius 1 is 1.00 bits per heavy atom. The average Bonchev–Trinajstić information content (AvgIpc) is 2.53. The van der Waals surface area contributed by atoms with E-state index in [-0.39, 0.29) is 19.2 Å². The molecule has 0 saturated heterocycles. The van der Waals surface area contributed by atoms with Crippen LogP contribution in [0.3, 0.4) is 0 Å². The van der Waals surface area contributed by atoms with E-state index in [4.69, 9.17) is 15.2 Å². The van der Waals surface area contributed by atoms with Crippen LogP contribution in [-0.4, -0.2) is 19.1 Å². The number of hydrogen-bond donors (Lipinski definition) is 1. The number of benzene rings is 2. The average molecular weight is 285 g/mol. The van der Waals surface area contributed by atoms with Crippen molar-refractivity contribution in [2.75, 3.05) is 13.2 Å². The van der Waals surface area contributed by atoms with Crippen LogP contribution in [0, 0.1) is 0 Å². The normalized spacial score (nSPS) is 10.1. The van der Waals surface area contributed by atoms with E-state index in [0.717, 1.165) is 17.5 Å². The molecular weight excluding hydrogens is 266 g/mol. The number of carbonyl (C=O) groups excluding carboxylic acids is 1. The van der Waals surface area contributed by atoms with Gasteiger partial charge in [-0.1, -0.05) is 42.5 Å². The number of hydrogen-bond acceptors (Lipinski definition) is 4. The molecular formula is C17H19NO3. The van der Waals surface area contributed by atoms with Crippen molar-refractivity contribution < 1.29 is 14.3 Å². The Morgan fingerprint density at radius 2 is 1.76 bits per heavy atom. The third-order valence-corrected chi connectivity index (χ3v) is 2.93. The van der Waals surface area contributed by atoms with Gasteiger partial charge in [0.05, 0.1) is 0 Å². The molecule has 0 atom stereocenters. The van der Waals surface area contributed by atoms with Crippen molar-refractivity contribution >= 4 is 5.97 Å². The van der Waals surface area contributed by atoms with Crippen molar-refractivity contribution in [1.82, 2.24) is 0 Å². The molecule has 110 valence electrons. The lowest BCUT2D eigenvalue weighted by Crippen LogP contribution is -2.14. The summed E-state index contributed by atoms with van der Waals surface area (Å²) in [6.07, 6.45) is 0.787. The highest BCUT2D eigenvalue weighted by atomic mass is 16.6. The highest BCUT2D eigenvalue weighted by Crippen LogP contribution is 2.13. The monoisotopic (exact) mass is 285 g/mol. The number of nitrogens with two attached hydrogens (primary N) is 1. The molecule has 0 fully saturated rings. The molecule has 2 aromatic rings. The van der Waals surface area contributed by atoms with E-state index in [1.54, 1.807) is 0 Å². The molecule has 0 saturated carbocycles. The minimum Gasteiger partial charge on any atom is -0.482 e. The fourth-order valence-corrected chi connectivity index (χ4v) is 1.88. The van der Waals surface area contributed by atoms with Crippen molar-refractivity contribution in [2.45, 2.75) is 13.0 Å². The first-order chi connectivity index (χ1) is 10.3. The van der Waals surface area contributed by atoms with Crippen LogP contribution in [0.25, 0.3) is 0 Å². The van der Waals surface area contributed by atoms with Gasteiger partial charge in [0.1, 0.15) is 12.4 Å². The second-order valence-electron chi connectivity index (χ2n) is 4.62. The Bertz CT molecular complexity index is 569. The van der Waals surface area contributed by atoms with Crippen LogP contribution in [0.1, 0.15) is 11.1 Å². The molecule has 0 radical (unpaired) electrons. The maximum Gasteiger partial charge on any atom is 0.344 e.